The van der Waals surface area contributed by atoms with Gasteiger partial charge in [0.05, 0.1) is 6.61 Å². The third kappa shape index (κ3) is 4.90. The number of halogens is 1. The summed E-state index contributed by atoms with van der Waals surface area (Å²) in [6.07, 6.45) is 4.65. The fourth-order valence-corrected chi connectivity index (χ4v) is 2.50. The molecule has 4 nitrogen and oxygen atoms in total. The van der Waals surface area contributed by atoms with Crippen molar-refractivity contribution in [2.24, 2.45) is 5.92 Å². The SMILES string of the molecule is Cl.O=C(NC1CC1)c1cccc(OCC2CCCNC2)c1. The molecule has 1 aromatic carbocycles. The number of hydrogen-bond donors (Lipinski definition) is 2. The first-order chi connectivity index (χ1) is 9.81. The molecule has 1 amide bonds. The van der Waals surface area contributed by atoms with E-state index in [0.717, 1.165) is 38.3 Å². The number of piperidine rings is 1. The van der Waals surface area contributed by atoms with E-state index in [9.17, 15) is 4.79 Å². The summed E-state index contributed by atoms with van der Waals surface area (Å²) in [7, 11) is 0. The number of ether oxygens (including phenoxy) is 1. The van der Waals surface area contributed by atoms with Gasteiger partial charge in [-0.15, -0.1) is 12.4 Å². The van der Waals surface area contributed by atoms with E-state index in [1.807, 2.05) is 24.3 Å². The molecule has 2 aliphatic rings. The Kier molecular flexibility index (Phi) is 5.88. The van der Waals surface area contributed by atoms with Crippen LogP contribution in [0, 0.1) is 5.92 Å². The predicted octanol–water partition coefficient (Wildman–Crippen LogP) is 2.38. The molecule has 0 bridgehead atoms. The van der Waals surface area contributed by atoms with Crippen molar-refractivity contribution in [1.29, 1.82) is 0 Å². The Labute approximate surface area is 132 Å². The Bertz CT molecular complexity index is 471. The zero-order valence-electron chi connectivity index (χ0n) is 12.1. The Balaban J connectivity index is 0.00000161. The highest BCUT2D eigenvalue weighted by molar-refractivity contribution is 5.94. The monoisotopic (exact) mass is 310 g/mol. The molecule has 2 N–H and O–H groups in total. The maximum Gasteiger partial charge on any atom is 0.251 e. The smallest absolute Gasteiger partial charge is 0.251 e. The van der Waals surface area contributed by atoms with Gasteiger partial charge in [0, 0.05) is 24.1 Å². The third-order valence-corrected chi connectivity index (χ3v) is 3.89. The van der Waals surface area contributed by atoms with Crippen molar-refractivity contribution in [2.75, 3.05) is 19.7 Å². The second kappa shape index (κ2) is 7.66. The molecule has 21 heavy (non-hydrogen) atoms. The molecule has 0 spiro atoms. The number of amides is 1. The molecule has 5 heteroatoms. The van der Waals surface area contributed by atoms with Gasteiger partial charge in [-0.3, -0.25) is 4.79 Å². The molecule has 1 aliphatic carbocycles. The van der Waals surface area contributed by atoms with Crippen LogP contribution in [-0.2, 0) is 0 Å². The Morgan fingerprint density at radius 3 is 2.90 bits per heavy atom. The summed E-state index contributed by atoms with van der Waals surface area (Å²) in [5, 5.41) is 6.38. The number of benzene rings is 1. The molecule has 1 unspecified atom stereocenters. The van der Waals surface area contributed by atoms with Gasteiger partial charge in [0.1, 0.15) is 5.75 Å². The van der Waals surface area contributed by atoms with Crippen LogP contribution in [0.25, 0.3) is 0 Å². The fraction of sp³-hybridized carbons (Fsp3) is 0.562. The zero-order chi connectivity index (χ0) is 13.8. The number of carbonyl (C=O) groups is 1. The summed E-state index contributed by atoms with van der Waals surface area (Å²) >= 11 is 0. The molecule has 116 valence electrons. The summed E-state index contributed by atoms with van der Waals surface area (Å²) in [4.78, 5) is 12.0. The van der Waals surface area contributed by atoms with E-state index >= 15 is 0 Å². The van der Waals surface area contributed by atoms with Crippen LogP contribution in [-0.4, -0.2) is 31.6 Å². The highest BCUT2D eigenvalue weighted by Gasteiger charge is 2.23. The maximum absolute atomic E-state index is 12.0. The second-order valence-electron chi connectivity index (χ2n) is 5.80. The van der Waals surface area contributed by atoms with Crippen molar-refractivity contribution in [1.82, 2.24) is 10.6 Å². The molecule has 3 rings (SSSR count). The Morgan fingerprint density at radius 2 is 2.19 bits per heavy atom. The lowest BCUT2D eigenvalue weighted by molar-refractivity contribution is 0.0950. The lowest BCUT2D eigenvalue weighted by Crippen LogP contribution is -2.33. The summed E-state index contributed by atoms with van der Waals surface area (Å²) in [6, 6.07) is 7.88. The Morgan fingerprint density at radius 1 is 1.33 bits per heavy atom. The standard InChI is InChI=1S/C16H22N2O2.ClH/c19-16(18-14-6-7-14)13-4-1-5-15(9-13)20-11-12-3-2-8-17-10-12;/h1,4-5,9,12,14,17H,2-3,6-8,10-11H2,(H,18,19);1H. The average Bonchev–Trinajstić information content (AvgIpc) is 3.30. The minimum Gasteiger partial charge on any atom is -0.493 e. The lowest BCUT2D eigenvalue weighted by atomic mass is 10.0. The van der Waals surface area contributed by atoms with Crippen LogP contribution in [0.3, 0.4) is 0 Å². The number of hydrogen-bond acceptors (Lipinski definition) is 3. The molecular weight excluding hydrogens is 288 g/mol. The highest BCUT2D eigenvalue weighted by atomic mass is 35.5. The summed E-state index contributed by atoms with van der Waals surface area (Å²) in [5.41, 5.74) is 0.691. The van der Waals surface area contributed by atoms with Gasteiger partial charge >= 0.3 is 0 Å². The predicted molar refractivity (Wildman–Crippen MR) is 85.3 cm³/mol. The second-order valence-corrected chi connectivity index (χ2v) is 5.80. The number of nitrogens with one attached hydrogen (secondary N) is 2. The molecule has 0 radical (unpaired) electrons. The normalized spacial score (nSPS) is 21.2. The van der Waals surface area contributed by atoms with E-state index in [1.54, 1.807) is 0 Å². The first-order valence-electron chi connectivity index (χ1n) is 7.56. The molecular formula is C16H23ClN2O2. The molecule has 1 saturated carbocycles. The van der Waals surface area contributed by atoms with Crippen molar-refractivity contribution in [3.8, 4) is 5.75 Å². The lowest BCUT2D eigenvalue weighted by Gasteiger charge is -2.22. The van der Waals surface area contributed by atoms with Crippen LogP contribution in [0.1, 0.15) is 36.0 Å². The molecule has 1 heterocycles. The van der Waals surface area contributed by atoms with Gasteiger partial charge in [-0.2, -0.15) is 0 Å². The summed E-state index contributed by atoms with van der Waals surface area (Å²) in [6.45, 7) is 2.87. The van der Waals surface area contributed by atoms with Crippen molar-refractivity contribution in [3.63, 3.8) is 0 Å². The molecule has 1 aliphatic heterocycles. The molecule has 0 aromatic heterocycles. The van der Waals surface area contributed by atoms with Crippen molar-refractivity contribution < 1.29 is 9.53 Å². The largest absolute Gasteiger partial charge is 0.493 e. The van der Waals surface area contributed by atoms with Crippen LogP contribution in [0.4, 0.5) is 0 Å². The minimum atomic E-state index is 0. The van der Waals surface area contributed by atoms with Gasteiger partial charge in [-0.05, 0) is 50.4 Å². The maximum atomic E-state index is 12.0. The molecule has 2 fully saturated rings. The molecule has 1 aromatic rings. The Hall–Kier alpha value is -1.26. The van der Waals surface area contributed by atoms with E-state index < -0.39 is 0 Å². The summed E-state index contributed by atoms with van der Waals surface area (Å²) in [5.74, 6) is 1.38. The van der Waals surface area contributed by atoms with Crippen LogP contribution in [0.15, 0.2) is 24.3 Å². The van der Waals surface area contributed by atoms with Gasteiger partial charge in [0.2, 0.25) is 0 Å². The van der Waals surface area contributed by atoms with Crippen molar-refractivity contribution >= 4 is 18.3 Å². The van der Waals surface area contributed by atoms with Gasteiger partial charge < -0.3 is 15.4 Å². The average molecular weight is 311 g/mol. The fourth-order valence-electron chi connectivity index (χ4n) is 2.50. The van der Waals surface area contributed by atoms with Crippen molar-refractivity contribution in [2.45, 2.75) is 31.7 Å². The molecule has 1 saturated heterocycles. The topological polar surface area (TPSA) is 50.4 Å². The van der Waals surface area contributed by atoms with Gasteiger partial charge in [-0.25, -0.2) is 0 Å². The van der Waals surface area contributed by atoms with Gasteiger partial charge in [-0.1, -0.05) is 6.07 Å². The van der Waals surface area contributed by atoms with E-state index in [0.29, 0.717) is 17.5 Å². The van der Waals surface area contributed by atoms with Crippen LogP contribution < -0.4 is 15.4 Å². The molecule has 1 atom stereocenters. The van der Waals surface area contributed by atoms with E-state index in [-0.39, 0.29) is 18.3 Å². The first kappa shape index (κ1) is 16.1. The van der Waals surface area contributed by atoms with Crippen LogP contribution >= 0.6 is 12.4 Å². The van der Waals surface area contributed by atoms with Crippen molar-refractivity contribution in [3.05, 3.63) is 29.8 Å². The third-order valence-electron chi connectivity index (χ3n) is 3.89. The van der Waals surface area contributed by atoms with E-state index in [4.69, 9.17) is 4.74 Å². The van der Waals surface area contributed by atoms with Crippen LogP contribution in [0.5, 0.6) is 5.75 Å². The summed E-state index contributed by atoms with van der Waals surface area (Å²) < 4.78 is 5.84. The zero-order valence-corrected chi connectivity index (χ0v) is 13.0. The number of carbonyl (C=O) groups excluding carboxylic acids is 1. The van der Waals surface area contributed by atoms with Gasteiger partial charge in [0.25, 0.3) is 5.91 Å². The van der Waals surface area contributed by atoms with Crippen LogP contribution in [0.2, 0.25) is 0 Å². The highest BCUT2D eigenvalue weighted by Crippen LogP contribution is 2.21. The van der Waals surface area contributed by atoms with E-state index in [2.05, 4.69) is 10.6 Å². The van der Waals surface area contributed by atoms with Gasteiger partial charge in [0.15, 0.2) is 0 Å². The minimum absolute atomic E-state index is 0. The quantitative estimate of drug-likeness (QED) is 0.878. The van der Waals surface area contributed by atoms with E-state index in [1.165, 1.54) is 12.8 Å². The first-order valence-corrected chi connectivity index (χ1v) is 7.56. The number of rotatable bonds is 5.